The van der Waals surface area contributed by atoms with Crippen LogP contribution in [-0.4, -0.2) is 108 Å². The number of nitrogens with zero attached hydrogens (tertiary/aromatic N) is 4. The average Bonchev–Trinajstić information content (AvgIpc) is 3.94. The number of hydrogen-bond donors (Lipinski definition) is 3. The minimum Gasteiger partial charge on any atom is -0.437 e. The molecule has 0 radical (unpaired) electrons. The maximum Gasteiger partial charge on any atom is 0.377 e. The van der Waals surface area contributed by atoms with E-state index in [9.17, 15) is 29.0 Å². The van der Waals surface area contributed by atoms with Gasteiger partial charge in [-0.15, -0.1) is 0 Å². The van der Waals surface area contributed by atoms with Gasteiger partial charge in [0.15, 0.2) is 5.81 Å². The summed E-state index contributed by atoms with van der Waals surface area (Å²) in [6, 6.07) is 29.8. The molecule has 3 N–H and O–H groups in total. The Morgan fingerprint density at radius 2 is 1.07 bits per heavy atom. The second-order valence-electron chi connectivity index (χ2n) is 14.8. The largest absolute Gasteiger partial charge is 0.437 e. The fraction of sp³-hybridized carbons (Fsp3) is 0.295. The summed E-state index contributed by atoms with van der Waals surface area (Å²) in [5, 5.41) is 16.2. The number of anilines is 2. The first-order valence-corrected chi connectivity index (χ1v) is 19.6. The van der Waals surface area contributed by atoms with Crippen LogP contribution in [0, 0.1) is 11.8 Å². The van der Waals surface area contributed by atoms with Gasteiger partial charge in [-0.05, 0) is 99.2 Å². The topological polar surface area (TPSA) is 143 Å². The Morgan fingerprint density at radius 3 is 1.47 bits per heavy atom. The third-order valence-electron chi connectivity index (χ3n) is 10.9. The van der Waals surface area contributed by atoms with E-state index in [1.54, 1.807) is 71.9 Å². The normalized spacial score (nSPS) is 17.1. The third-order valence-corrected chi connectivity index (χ3v) is 10.9. The summed E-state index contributed by atoms with van der Waals surface area (Å²) in [5.74, 6) is 4.94. The van der Waals surface area contributed by atoms with Crippen LogP contribution in [-0.2, 0) is 19.2 Å². The lowest BCUT2D eigenvalue weighted by Crippen LogP contribution is -2.50. The van der Waals surface area contributed by atoms with Crippen molar-refractivity contribution in [1.29, 1.82) is 0 Å². The van der Waals surface area contributed by atoms with Crippen LogP contribution in [0.25, 0.3) is 0 Å². The van der Waals surface area contributed by atoms with Crippen molar-refractivity contribution in [3.8, 4) is 11.8 Å². The molecular weight excluding hydrogens is 730 g/mol. The first-order chi connectivity index (χ1) is 27.9. The summed E-state index contributed by atoms with van der Waals surface area (Å²) >= 11 is 0. The molecule has 4 aromatic rings. The van der Waals surface area contributed by atoms with Gasteiger partial charge in [-0.25, -0.2) is 0 Å². The zero-order valence-electron chi connectivity index (χ0n) is 33.3. The lowest BCUT2D eigenvalue weighted by atomic mass is 9.82. The van der Waals surface area contributed by atoms with E-state index in [4.69, 9.17) is 0 Å². The second-order valence-corrected chi connectivity index (χ2v) is 14.8. The number of nitrogens with one attached hydrogen (secondary N) is 2. The van der Waals surface area contributed by atoms with Crippen LogP contribution in [0.2, 0.25) is 6.82 Å². The van der Waals surface area contributed by atoms with Gasteiger partial charge >= 0.3 is 7.05 Å². The highest BCUT2D eigenvalue weighted by atomic mass is 16.2. The lowest BCUT2D eigenvalue weighted by molar-refractivity contribution is -0.140. The minimum atomic E-state index is -0.867. The summed E-state index contributed by atoms with van der Waals surface area (Å²) in [6.07, 6.45) is 2.43. The van der Waals surface area contributed by atoms with Gasteiger partial charge in [0.2, 0.25) is 25.6 Å². The summed E-state index contributed by atoms with van der Waals surface area (Å²) in [6.45, 7) is 2.49. The van der Waals surface area contributed by atoms with Crippen molar-refractivity contribution in [1.82, 2.24) is 19.5 Å². The molecule has 0 bridgehead atoms. The number of carbonyl (C=O) groups excluding carboxylic acids is 5. The van der Waals surface area contributed by atoms with Crippen molar-refractivity contribution >= 4 is 55.7 Å². The van der Waals surface area contributed by atoms with Gasteiger partial charge in [-0.2, -0.15) is 0 Å². The van der Waals surface area contributed by atoms with E-state index in [-0.39, 0.29) is 29.4 Å². The zero-order valence-corrected chi connectivity index (χ0v) is 33.3. The standard InChI is InChI=1S/C44H48B2N6O6/c1-46(58)50(3)39(33-14-8-5-9-15-33)43(56)52-29-11-17-37(52)41(54)48-35-26-22-31(23-27-35)19-18-30-20-24-34(25-21-30)47-40(53)36-16-10-28-51(36)42(55)38(49(2)44(45)57)32-12-6-4-7-13-32/h4-9,12-15,20-27,36-39,58H,10-11,16-17,28-29,45H2,1-3H3,(H,47,53)(H,48,54)/t36-,37-,38+,39+/m0/s1. The van der Waals surface area contributed by atoms with E-state index in [0.717, 1.165) is 16.7 Å². The smallest absolute Gasteiger partial charge is 0.377 e. The zero-order chi connectivity index (χ0) is 41.3. The van der Waals surface area contributed by atoms with Crippen LogP contribution in [0.1, 0.15) is 60.0 Å². The van der Waals surface area contributed by atoms with Crippen molar-refractivity contribution in [2.45, 2.75) is 56.7 Å². The molecule has 2 saturated heterocycles. The van der Waals surface area contributed by atoms with E-state index in [1.807, 2.05) is 72.8 Å². The highest BCUT2D eigenvalue weighted by Crippen LogP contribution is 2.30. The SMILES string of the molecule is BC(=O)N(C)[C@@H](C(=O)N1CCC[C@H]1C(=O)Nc1ccc(C#Cc2ccc(NC(=O)[C@@H]3CCCN3C(=O)[C@@H](c3ccccc3)N(C)B(C)O)cc2)cc1)c1ccccc1. The maximum absolute atomic E-state index is 13.9. The fourth-order valence-corrected chi connectivity index (χ4v) is 7.54. The molecule has 5 amide bonds. The summed E-state index contributed by atoms with van der Waals surface area (Å²) < 4.78 is 0. The number of amides is 5. The van der Waals surface area contributed by atoms with Crippen LogP contribution >= 0.6 is 0 Å². The molecule has 296 valence electrons. The first-order valence-electron chi connectivity index (χ1n) is 19.6. The first kappa shape index (κ1) is 41.5. The van der Waals surface area contributed by atoms with E-state index in [2.05, 4.69) is 22.5 Å². The van der Waals surface area contributed by atoms with Crippen molar-refractivity contribution in [2.24, 2.45) is 0 Å². The van der Waals surface area contributed by atoms with Gasteiger partial charge in [-0.3, -0.25) is 24.0 Å². The van der Waals surface area contributed by atoms with Crippen molar-refractivity contribution in [3.05, 3.63) is 131 Å². The molecule has 2 aliphatic rings. The molecule has 2 fully saturated rings. The molecule has 6 rings (SSSR count). The molecule has 58 heavy (non-hydrogen) atoms. The Balaban J connectivity index is 1.04. The Labute approximate surface area is 341 Å². The Morgan fingerprint density at radius 1 is 0.672 bits per heavy atom. The number of hydrogen-bond acceptors (Lipinski definition) is 7. The average molecular weight is 779 g/mol. The molecule has 0 unspecified atom stereocenters. The molecular formula is C44H48B2N6O6. The summed E-state index contributed by atoms with van der Waals surface area (Å²) in [4.78, 5) is 73.2. The number of rotatable bonds is 11. The predicted octanol–water partition coefficient (Wildman–Crippen LogP) is 4.16. The quantitative estimate of drug-likeness (QED) is 0.154. The second kappa shape index (κ2) is 18.9. The fourth-order valence-electron chi connectivity index (χ4n) is 7.54. The van der Waals surface area contributed by atoms with Crippen molar-refractivity contribution in [3.63, 3.8) is 0 Å². The van der Waals surface area contributed by atoms with Gasteiger partial charge in [0.25, 0.3) is 5.91 Å². The van der Waals surface area contributed by atoms with E-state index >= 15 is 0 Å². The molecule has 0 aromatic heterocycles. The lowest BCUT2D eigenvalue weighted by Gasteiger charge is -2.34. The monoisotopic (exact) mass is 778 g/mol. The van der Waals surface area contributed by atoms with Crippen LogP contribution in [0.4, 0.5) is 16.2 Å². The number of benzene rings is 4. The minimum absolute atomic E-state index is 0.229. The highest BCUT2D eigenvalue weighted by Gasteiger charge is 2.41. The number of likely N-dealkylation sites (N-methyl/N-ethyl adjacent to an activating group) is 2. The van der Waals surface area contributed by atoms with Gasteiger partial charge in [0.05, 0.1) is 0 Å². The van der Waals surface area contributed by atoms with Gasteiger partial charge in [-0.1, -0.05) is 72.5 Å². The highest BCUT2D eigenvalue weighted by molar-refractivity contribution is 6.57. The number of likely N-dealkylation sites (tertiary alicyclic amines) is 2. The molecule has 4 aromatic carbocycles. The molecule has 2 aliphatic heterocycles. The molecule has 4 atom stereocenters. The molecule has 0 aliphatic carbocycles. The van der Waals surface area contributed by atoms with E-state index in [0.29, 0.717) is 55.7 Å². The Hall–Kier alpha value is -6.16. The van der Waals surface area contributed by atoms with Gasteiger partial charge in [0, 0.05) is 42.6 Å². The van der Waals surface area contributed by atoms with E-state index < -0.39 is 31.2 Å². The van der Waals surface area contributed by atoms with E-state index in [1.165, 1.54) is 12.7 Å². The predicted molar refractivity (Wildman–Crippen MR) is 227 cm³/mol. The van der Waals surface area contributed by atoms with Crippen LogP contribution < -0.4 is 10.6 Å². The molecule has 12 nitrogen and oxygen atoms in total. The molecule has 2 heterocycles. The molecule has 0 spiro atoms. The Kier molecular flexibility index (Phi) is 13.5. The summed E-state index contributed by atoms with van der Waals surface area (Å²) in [5.41, 5.74) is 4.05. The number of carbonyl (C=O) groups is 5. The van der Waals surface area contributed by atoms with Crippen LogP contribution in [0.3, 0.4) is 0 Å². The van der Waals surface area contributed by atoms with Crippen molar-refractivity contribution in [2.75, 3.05) is 37.8 Å². The molecule has 0 saturated carbocycles. The summed E-state index contributed by atoms with van der Waals surface area (Å²) in [7, 11) is 3.85. The van der Waals surface area contributed by atoms with Gasteiger partial charge < -0.3 is 35.2 Å². The maximum atomic E-state index is 13.9. The van der Waals surface area contributed by atoms with Crippen LogP contribution in [0.15, 0.2) is 109 Å². The Bertz CT molecular complexity index is 2160. The van der Waals surface area contributed by atoms with Crippen LogP contribution in [0.5, 0.6) is 0 Å². The van der Waals surface area contributed by atoms with Crippen molar-refractivity contribution < 1.29 is 29.0 Å². The third kappa shape index (κ3) is 9.68. The molecule has 14 heteroatoms. The van der Waals surface area contributed by atoms with Gasteiger partial charge in [0.1, 0.15) is 24.2 Å².